The lowest BCUT2D eigenvalue weighted by molar-refractivity contribution is 0.432. The lowest BCUT2D eigenvalue weighted by Gasteiger charge is -2.11. The van der Waals surface area contributed by atoms with Gasteiger partial charge in [0.25, 0.3) is 0 Å². The van der Waals surface area contributed by atoms with Gasteiger partial charge in [0.2, 0.25) is 0 Å². The normalized spacial score (nSPS) is 21.5. The Morgan fingerprint density at radius 3 is 2.57 bits per heavy atom. The fourth-order valence-corrected chi connectivity index (χ4v) is 1.76. The van der Waals surface area contributed by atoms with E-state index in [4.69, 9.17) is 0 Å². The van der Waals surface area contributed by atoms with Gasteiger partial charge in [-0.25, -0.2) is 13.2 Å². The molecule has 14 heavy (non-hydrogen) atoms. The van der Waals surface area contributed by atoms with Crippen molar-refractivity contribution in [2.75, 3.05) is 6.54 Å². The standard InChI is InChI=1S/C10H10F3N/c11-7-4-3-6(9(12)10(7)13)8-2-1-5-14-8/h3-4,8,14H,1-2,5H2/t8-/m0/s1. The fourth-order valence-electron chi connectivity index (χ4n) is 1.76. The SMILES string of the molecule is Fc1ccc([C@@H]2CCCN2)c(F)c1F. The highest BCUT2D eigenvalue weighted by atomic mass is 19.2. The van der Waals surface area contributed by atoms with Crippen LogP contribution in [0.3, 0.4) is 0 Å². The van der Waals surface area contributed by atoms with Gasteiger partial charge in [-0.3, -0.25) is 0 Å². The zero-order chi connectivity index (χ0) is 10.1. The van der Waals surface area contributed by atoms with Gasteiger partial charge in [0.05, 0.1) is 0 Å². The molecule has 1 aliphatic rings. The summed E-state index contributed by atoms with van der Waals surface area (Å²) in [7, 11) is 0. The highest BCUT2D eigenvalue weighted by Crippen LogP contribution is 2.27. The van der Waals surface area contributed by atoms with Gasteiger partial charge in [0.15, 0.2) is 17.5 Å². The summed E-state index contributed by atoms with van der Waals surface area (Å²) in [6, 6.07) is 2.09. The maximum atomic E-state index is 13.3. The van der Waals surface area contributed by atoms with E-state index in [1.165, 1.54) is 6.07 Å². The molecule has 0 radical (unpaired) electrons. The largest absolute Gasteiger partial charge is 0.310 e. The Morgan fingerprint density at radius 1 is 1.14 bits per heavy atom. The Balaban J connectivity index is 2.38. The van der Waals surface area contributed by atoms with Gasteiger partial charge in [0, 0.05) is 11.6 Å². The molecule has 0 spiro atoms. The second-order valence-electron chi connectivity index (χ2n) is 3.41. The zero-order valence-corrected chi connectivity index (χ0v) is 7.49. The number of hydrogen-bond acceptors (Lipinski definition) is 1. The van der Waals surface area contributed by atoms with Crippen LogP contribution in [0.25, 0.3) is 0 Å². The van der Waals surface area contributed by atoms with Crippen LogP contribution in [0.5, 0.6) is 0 Å². The first-order valence-corrected chi connectivity index (χ1v) is 4.57. The molecular weight excluding hydrogens is 191 g/mol. The summed E-state index contributed by atoms with van der Waals surface area (Å²) >= 11 is 0. The summed E-state index contributed by atoms with van der Waals surface area (Å²) in [4.78, 5) is 0. The number of nitrogens with one attached hydrogen (secondary N) is 1. The molecule has 76 valence electrons. The molecule has 0 bridgehead atoms. The minimum Gasteiger partial charge on any atom is -0.310 e. The fraction of sp³-hybridized carbons (Fsp3) is 0.400. The maximum absolute atomic E-state index is 13.3. The molecule has 1 aromatic rings. The van der Waals surface area contributed by atoms with Crippen molar-refractivity contribution in [3.05, 3.63) is 35.1 Å². The van der Waals surface area contributed by atoms with Crippen LogP contribution < -0.4 is 5.32 Å². The third-order valence-corrected chi connectivity index (χ3v) is 2.50. The van der Waals surface area contributed by atoms with Crippen molar-refractivity contribution in [2.45, 2.75) is 18.9 Å². The number of benzene rings is 1. The number of rotatable bonds is 1. The summed E-state index contributed by atoms with van der Waals surface area (Å²) in [6.45, 7) is 0.795. The molecule has 0 aliphatic carbocycles. The first-order chi connectivity index (χ1) is 6.70. The molecule has 0 unspecified atom stereocenters. The van der Waals surface area contributed by atoms with Gasteiger partial charge in [0.1, 0.15) is 0 Å². The predicted molar refractivity (Wildman–Crippen MR) is 46.3 cm³/mol. The Hall–Kier alpha value is -1.03. The minimum atomic E-state index is -1.38. The van der Waals surface area contributed by atoms with Crippen molar-refractivity contribution in [1.29, 1.82) is 0 Å². The van der Waals surface area contributed by atoms with Gasteiger partial charge in [-0.2, -0.15) is 0 Å². The van der Waals surface area contributed by atoms with Gasteiger partial charge >= 0.3 is 0 Å². The van der Waals surface area contributed by atoms with Crippen LogP contribution in [0.2, 0.25) is 0 Å². The maximum Gasteiger partial charge on any atom is 0.194 e. The van der Waals surface area contributed by atoms with E-state index in [-0.39, 0.29) is 11.6 Å². The van der Waals surface area contributed by atoms with Gasteiger partial charge in [-0.1, -0.05) is 6.07 Å². The van der Waals surface area contributed by atoms with E-state index in [1.54, 1.807) is 0 Å². The van der Waals surface area contributed by atoms with Crippen molar-refractivity contribution in [3.8, 4) is 0 Å². The van der Waals surface area contributed by atoms with Crippen LogP contribution in [-0.4, -0.2) is 6.54 Å². The number of hydrogen-bond donors (Lipinski definition) is 1. The molecule has 1 heterocycles. The first kappa shape index (κ1) is 9.52. The highest BCUT2D eigenvalue weighted by Gasteiger charge is 2.22. The molecule has 1 saturated heterocycles. The Kier molecular flexibility index (Phi) is 2.46. The third-order valence-electron chi connectivity index (χ3n) is 2.50. The molecule has 0 aromatic heterocycles. The average Bonchev–Trinajstić information content (AvgIpc) is 2.67. The summed E-state index contributed by atoms with van der Waals surface area (Å²) in [5.41, 5.74) is 0.224. The molecular formula is C10H10F3N. The van der Waals surface area contributed by atoms with Gasteiger partial charge in [-0.15, -0.1) is 0 Å². The van der Waals surface area contributed by atoms with E-state index in [0.717, 1.165) is 25.5 Å². The molecule has 0 saturated carbocycles. The lowest BCUT2D eigenvalue weighted by Crippen LogP contribution is -2.15. The van der Waals surface area contributed by atoms with Crippen molar-refractivity contribution < 1.29 is 13.2 Å². The first-order valence-electron chi connectivity index (χ1n) is 4.57. The minimum absolute atomic E-state index is 0.176. The Bertz CT molecular complexity index is 345. The van der Waals surface area contributed by atoms with E-state index in [1.807, 2.05) is 0 Å². The second-order valence-corrected chi connectivity index (χ2v) is 3.41. The smallest absolute Gasteiger partial charge is 0.194 e. The average molecular weight is 201 g/mol. The zero-order valence-electron chi connectivity index (χ0n) is 7.49. The topological polar surface area (TPSA) is 12.0 Å². The lowest BCUT2D eigenvalue weighted by atomic mass is 10.0. The van der Waals surface area contributed by atoms with E-state index in [2.05, 4.69) is 5.32 Å². The predicted octanol–water partition coefficient (Wildman–Crippen LogP) is 2.53. The molecule has 4 heteroatoms. The Labute approximate surface area is 79.9 Å². The quantitative estimate of drug-likeness (QED) is 0.688. The van der Waals surface area contributed by atoms with Gasteiger partial charge in [-0.05, 0) is 25.5 Å². The molecule has 1 atom stereocenters. The number of halogens is 3. The van der Waals surface area contributed by atoms with Crippen LogP contribution >= 0.6 is 0 Å². The monoisotopic (exact) mass is 201 g/mol. The van der Waals surface area contributed by atoms with Crippen molar-refractivity contribution in [3.63, 3.8) is 0 Å². The molecule has 1 fully saturated rings. The van der Waals surface area contributed by atoms with Crippen molar-refractivity contribution in [2.24, 2.45) is 0 Å². The van der Waals surface area contributed by atoms with Crippen LogP contribution in [0, 0.1) is 17.5 Å². The van der Waals surface area contributed by atoms with E-state index in [0.29, 0.717) is 0 Å². The highest BCUT2D eigenvalue weighted by molar-refractivity contribution is 5.24. The second kappa shape index (κ2) is 3.61. The van der Waals surface area contributed by atoms with Crippen molar-refractivity contribution >= 4 is 0 Å². The van der Waals surface area contributed by atoms with Crippen LogP contribution in [0.1, 0.15) is 24.4 Å². The van der Waals surface area contributed by atoms with Crippen LogP contribution in [-0.2, 0) is 0 Å². The molecule has 1 aromatic carbocycles. The summed E-state index contributed by atoms with van der Waals surface area (Å²) < 4.78 is 38.7. The third kappa shape index (κ3) is 1.50. The van der Waals surface area contributed by atoms with Crippen LogP contribution in [0.15, 0.2) is 12.1 Å². The van der Waals surface area contributed by atoms with Crippen molar-refractivity contribution in [1.82, 2.24) is 5.32 Å². The summed E-state index contributed by atoms with van der Waals surface area (Å²) in [6.07, 6.45) is 1.70. The van der Waals surface area contributed by atoms with Crippen LogP contribution in [0.4, 0.5) is 13.2 Å². The van der Waals surface area contributed by atoms with E-state index < -0.39 is 17.5 Å². The van der Waals surface area contributed by atoms with E-state index in [9.17, 15) is 13.2 Å². The molecule has 0 amide bonds. The summed E-state index contributed by atoms with van der Waals surface area (Å²) in [5.74, 6) is -3.58. The molecule has 1 N–H and O–H groups in total. The Morgan fingerprint density at radius 2 is 1.93 bits per heavy atom. The van der Waals surface area contributed by atoms with Gasteiger partial charge < -0.3 is 5.32 Å². The summed E-state index contributed by atoms with van der Waals surface area (Å²) in [5, 5.41) is 3.03. The molecule has 1 aliphatic heterocycles. The molecule has 2 rings (SSSR count). The van der Waals surface area contributed by atoms with E-state index >= 15 is 0 Å². The molecule has 1 nitrogen and oxygen atoms in total.